The van der Waals surface area contributed by atoms with E-state index >= 15 is 0 Å². The quantitative estimate of drug-likeness (QED) is 0.793. The molecule has 1 aliphatic heterocycles. The molecule has 4 nitrogen and oxygen atoms in total. The van der Waals surface area contributed by atoms with Gasteiger partial charge in [0.25, 0.3) is 0 Å². The zero-order valence-electron chi connectivity index (χ0n) is 16.2. The van der Waals surface area contributed by atoms with E-state index in [1.54, 1.807) is 0 Å². The number of benzene rings is 1. The molecule has 0 amide bonds. The lowest BCUT2D eigenvalue weighted by atomic mass is 9.91. The Morgan fingerprint density at radius 1 is 1.15 bits per heavy atom. The molecule has 0 bridgehead atoms. The van der Waals surface area contributed by atoms with Gasteiger partial charge in [-0.05, 0) is 61.3 Å². The molecule has 0 N–H and O–H groups in total. The Labute approximate surface area is 157 Å². The Kier molecular flexibility index (Phi) is 5.41. The minimum Gasteiger partial charge on any atom is -0.377 e. The summed E-state index contributed by atoms with van der Waals surface area (Å²) in [6.45, 7) is 2.44. The fourth-order valence-corrected chi connectivity index (χ4v) is 4.38. The summed E-state index contributed by atoms with van der Waals surface area (Å²) >= 11 is 0. The van der Waals surface area contributed by atoms with E-state index in [1.165, 1.54) is 61.9 Å². The van der Waals surface area contributed by atoms with Crippen molar-refractivity contribution in [2.75, 3.05) is 20.2 Å². The lowest BCUT2D eigenvalue weighted by molar-refractivity contribution is 0.0956. The van der Waals surface area contributed by atoms with Crippen molar-refractivity contribution in [2.24, 2.45) is 7.05 Å². The third kappa shape index (κ3) is 3.86. The molecule has 0 spiro atoms. The Morgan fingerprint density at radius 2 is 1.96 bits per heavy atom. The van der Waals surface area contributed by atoms with E-state index in [9.17, 15) is 0 Å². The monoisotopic (exact) mass is 353 g/mol. The lowest BCUT2D eigenvalue weighted by Gasteiger charge is -2.36. The van der Waals surface area contributed by atoms with Gasteiger partial charge in [-0.2, -0.15) is 5.10 Å². The zero-order valence-corrected chi connectivity index (χ0v) is 16.2. The molecule has 2 aliphatic rings. The van der Waals surface area contributed by atoms with Crippen molar-refractivity contribution in [3.8, 4) is 0 Å². The molecule has 1 atom stereocenters. The maximum Gasteiger partial charge on any atom is 0.0825 e. The Morgan fingerprint density at radius 3 is 2.62 bits per heavy atom. The van der Waals surface area contributed by atoms with Crippen LogP contribution in [0.15, 0.2) is 30.5 Å². The highest BCUT2D eigenvalue weighted by Gasteiger charge is 2.26. The highest BCUT2D eigenvalue weighted by Crippen LogP contribution is 2.29. The van der Waals surface area contributed by atoms with Crippen LogP contribution in [-0.2, 0) is 31.0 Å². The second-order valence-electron chi connectivity index (χ2n) is 7.89. The van der Waals surface area contributed by atoms with Crippen LogP contribution in [0.25, 0.3) is 0 Å². The van der Waals surface area contributed by atoms with Gasteiger partial charge in [-0.25, -0.2) is 0 Å². The van der Waals surface area contributed by atoms with Crippen LogP contribution in [0.1, 0.15) is 54.2 Å². The van der Waals surface area contributed by atoms with E-state index in [-0.39, 0.29) is 6.10 Å². The largest absolute Gasteiger partial charge is 0.377 e. The number of hydrogen-bond acceptors (Lipinski definition) is 3. The van der Waals surface area contributed by atoms with Gasteiger partial charge in [0.05, 0.1) is 11.8 Å². The summed E-state index contributed by atoms with van der Waals surface area (Å²) in [5.74, 6) is 0. The predicted octanol–water partition coefficient (Wildman–Crippen LogP) is 3.69. The molecule has 0 radical (unpaired) electrons. The number of rotatable bonds is 6. The average Bonchev–Trinajstić information content (AvgIpc) is 2.91. The molecule has 1 saturated carbocycles. The van der Waals surface area contributed by atoms with Crippen LogP contribution < -0.4 is 0 Å². The minimum atomic E-state index is 0.147. The Bertz CT molecular complexity index is 735. The number of methoxy groups -OCH3 is 1. The molecular formula is C22H31N3O. The summed E-state index contributed by atoms with van der Waals surface area (Å²) < 4.78 is 7.70. The summed E-state index contributed by atoms with van der Waals surface area (Å²) in [4.78, 5) is 2.72. The third-order valence-corrected chi connectivity index (χ3v) is 6.25. The first-order valence-corrected chi connectivity index (χ1v) is 10.1. The van der Waals surface area contributed by atoms with Gasteiger partial charge < -0.3 is 4.74 Å². The van der Waals surface area contributed by atoms with Crippen LogP contribution >= 0.6 is 0 Å². The number of ether oxygens (including phenoxy) is 1. The summed E-state index contributed by atoms with van der Waals surface area (Å²) in [7, 11) is 3.80. The van der Waals surface area contributed by atoms with Crippen molar-refractivity contribution in [1.29, 1.82) is 0 Å². The van der Waals surface area contributed by atoms with Gasteiger partial charge in [0, 0.05) is 39.5 Å². The first kappa shape index (κ1) is 17.7. The topological polar surface area (TPSA) is 30.3 Å². The minimum absolute atomic E-state index is 0.147. The fraction of sp³-hybridized carbons (Fsp3) is 0.591. The van der Waals surface area contributed by atoms with E-state index in [2.05, 4.69) is 34.3 Å². The van der Waals surface area contributed by atoms with Gasteiger partial charge >= 0.3 is 0 Å². The summed E-state index contributed by atoms with van der Waals surface area (Å²) in [6, 6.07) is 9.99. The number of hydrogen-bond donors (Lipinski definition) is 0. The Hall–Kier alpha value is -1.65. The van der Waals surface area contributed by atoms with Gasteiger partial charge in [0.1, 0.15) is 0 Å². The summed E-state index contributed by atoms with van der Waals surface area (Å²) in [5, 5.41) is 4.49. The van der Waals surface area contributed by atoms with Crippen molar-refractivity contribution in [3.05, 3.63) is 52.8 Å². The molecule has 1 aromatic heterocycles. The number of fused-ring (bicyclic) bond motifs is 1. The second-order valence-corrected chi connectivity index (χ2v) is 7.89. The van der Waals surface area contributed by atoms with Crippen LogP contribution in [-0.4, -0.2) is 40.9 Å². The maximum atomic E-state index is 5.83. The number of aromatic nitrogens is 2. The van der Waals surface area contributed by atoms with E-state index in [0.717, 1.165) is 24.6 Å². The average molecular weight is 354 g/mol. The first-order chi connectivity index (χ1) is 12.7. The molecule has 2 aromatic rings. The summed E-state index contributed by atoms with van der Waals surface area (Å²) in [5.41, 5.74) is 5.53. The Balaban J connectivity index is 1.42. The highest BCUT2D eigenvalue weighted by atomic mass is 16.5. The van der Waals surface area contributed by atoms with Crippen molar-refractivity contribution < 1.29 is 4.74 Å². The van der Waals surface area contributed by atoms with E-state index in [4.69, 9.17) is 4.74 Å². The van der Waals surface area contributed by atoms with Gasteiger partial charge in [-0.3, -0.25) is 9.58 Å². The highest BCUT2D eigenvalue weighted by molar-refractivity contribution is 5.34. The van der Waals surface area contributed by atoms with Crippen molar-refractivity contribution in [2.45, 2.75) is 57.1 Å². The van der Waals surface area contributed by atoms with Crippen molar-refractivity contribution in [3.63, 3.8) is 0 Å². The van der Waals surface area contributed by atoms with Gasteiger partial charge in [-0.15, -0.1) is 0 Å². The van der Waals surface area contributed by atoms with E-state index in [0.29, 0.717) is 0 Å². The number of aryl methyl sites for hydroxylation is 2. The standard InChI is InChI=1S/C22H31N3O/c1-24-13-12-20(23-24)8-9-22(26-2)19-7-6-17-10-14-25(21-4-3-5-21)15-11-18(17)16-19/h6-7,12-13,16,21-22H,3-5,8-11,14-15H2,1-2H3. The SMILES string of the molecule is COC(CCc1ccn(C)n1)c1ccc2c(c1)CCN(C1CCC1)CC2. The molecule has 1 aromatic carbocycles. The van der Waals surface area contributed by atoms with Crippen LogP contribution in [0.3, 0.4) is 0 Å². The molecule has 1 unspecified atom stereocenters. The number of nitrogens with zero attached hydrogens (tertiary/aromatic N) is 3. The lowest BCUT2D eigenvalue weighted by Crippen LogP contribution is -2.41. The molecular weight excluding hydrogens is 322 g/mol. The predicted molar refractivity (Wildman–Crippen MR) is 104 cm³/mol. The van der Waals surface area contributed by atoms with Gasteiger partial charge in [0.15, 0.2) is 0 Å². The van der Waals surface area contributed by atoms with Crippen molar-refractivity contribution >= 4 is 0 Å². The molecule has 26 heavy (non-hydrogen) atoms. The van der Waals surface area contributed by atoms with Gasteiger partial charge in [0.2, 0.25) is 0 Å². The second kappa shape index (κ2) is 7.93. The first-order valence-electron chi connectivity index (χ1n) is 10.1. The molecule has 2 heterocycles. The van der Waals surface area contributed by atoms with Crippen LogP contribution in [0.4, 0.5) is 0 Å². The summed E-state index contributed by atoms with van der Waals surface area (Å²) in [6.07, 6.45) is 10.7. The maximum absolute atomic E-state index is 5.83. The molecule has 140 valence electrons. The fourth-order valence-electron chi connectivity index (χ4n) is 4.38. The van der Waals surface area contributed by atoms with Gasteiger partial charge in [-0.1, -0.05) is 24.6 Å². The molecule has 4 heteroatoms. The van der Waals surface area contributed by atoms with E-state index in [1.807, 2.05) is 25.0 Å². The van der Waals surface area contributed by atoms with E-state index < -0.39 is 0 Å². The van der Waals surface area contributed by atoms with Crippen molar-refractivity contribution in [1.82, 2.24) is 14.7 Å². The van der Waals surface area contributed by atoms with Crippen LogP contribution in [0.5, 0.6) is 0 Å². The zero-order chi connectivity index (χ0) is 17.9. The molecule has 4 rings (SSSR count). The normalized spacial score (nSPS) is 19.6. The smallest absolute Gasteiger partial charge is 0.0825 e. The molecule has 0 saturated heterocycles. The third-order valence-electron chi connectivity index (χ3n) is 6.25. The molecule has 1 fully saturated rings. The van der Waals surface area contributed by atoms with Crippen LogP contribution in [0, 0.1) is 0 Å². The molecule has 1 aliphatic carbocycles. The van der Waals surface area contributed by atoms with Crippen LogP contribution in [0.2, 0.25) is 0 Å².